The second-order valence-electron chi connectivity index (χ2n) is 3.08. The van der Waals surface area contributed by atoms with Crippen molar-refractivity contribution < 1.29 is 34.6 Å². The SMILES string of the molecule is CC(C)C(F)(F)COS(=O)(=O)C(F)(F)F. The van der Waals surface area contributed by atoms with Gasteiger partial charge in [-0.3, -0.25) is 4.18 Å². The Hall–Kier alpha value is -0.440. The van der Waals surface area contributed by atoms with E-state index in [0.29, 0.717) is 0 Å². The molecule has 0 aliphatic carbocycles. The molecule has 0 N–H and O–H groups in total. The Bertz CT molecular complexity index is 305. The number of rotatable bonds is 4. The highest BCUT2D eigenvalue weighted by Gasteiger charge is 2.49. The van der Waals surface area contributed by atoms with E-state index in [2.05, 4.69) is 4.18 Å². The van der Waals surface area contributed by atoms with Crippen molar-refractivity contribution in [2.75, 3.05) is 6.61 Å². The molecule has 0 aromatic heterocycles. The van der Waals surface area contributed by atoms with Gasteiger partial charge >= 0.3 is 15.6 Å². The fourth-order valence-electron chi connectivity index (χ4n) is 0.390. The molecule has 15 heavy (non-hydrogen) atoms. The lowest BCUT2D eigenvalue weighted by Gasteiger charge is -2.20. The molecule has 0 amide bonds. The first-order chi connectivity index (χ1) is 6.40. The summed E-state index contributed by atoms with van der Waals surface area (Å²) in [7, 11) is -5.94. The maximum Gasteiger partial charge on any atom is 0.523 e. The Kier molecular flexibility index (Phi) is 4.08. The van der Waals surface area contributed by atoms with E-state index in [0.717, 1.165) is 13.8 Å². The maximum absolute atomic E-state index is 12.7. The molecule has 0 saturated heterocycles. The van der Waals surface area contributed by atoms with Gasteiger partial charge in [-0.2, -0.15) is 21.6 Å². The van der Waals surface area contributed by atoms with Gasteiger partial charge < -0.3 is 0 Å². The van der Waals surface area contributed by atoms with Crippen molar-refractivity contribution in [1.29, 1.82) is 0 Å². The zero-order valence-corrected chi connectivity index (χ0v) is 8.62. The molecule has 0 saturated carbocycles. The fourth-order valence-corrected chi connectivity index (χ4v) is 0.836. The van der Waals surface area contributed by atoms with Crippen LogP contribution >= 0.6 is 0 Å². The third-order valence-electron chi connectivity index (χ3n) is 1.53. The van der Waals surface area contributed by atoms with Crippen molar-refractivity contribution in [3.05, 3.63) is 0 Å². The molecule has 3 nitrogen and oxygen atoms in total. The van der Waals surface area contributed by atoms with Gasteiger partial charge in [0.15, 0.2) is 0 Å². The van der Waals surface area contributed by atoms with Crippen LogP contribution in [0, 0.1) is 5.92 Å². The Morgan fingerprint density at radius 3 is 1.80 bits per heavy atom. The molecular formula is C6H9F5O3S. The summed E-state index contributed by atoms with van der Waals surface area (Å²) in [5.74, 6) is -4.95. The van der Waals surface area contributed by atoms with Crippen LogP contribution in [0.1, 0.15) is 13.8 Å². The summed E-state index contributed by atoms with van der Waals surface area (Å²) in [6.07, 6.45) is 0. The van der Waals surface area contributed by atoms with Crippen LogP contribution in [0.15, 0.2) is 0 Å². The van der Waals surface area contributed by atoms with E-state index in [4.69, 9.17) is 0 Å². The van der Waals surface area contributed by atoms with Gasteiger partial charge in [0, 0.05) is 5.92 Å². The number of halogens is 5. The van der Waals surface area contributed by atoms with Crippen LogP contribution in [0.5, 0.6) is 0 Å². The lowest BCUT2D eigenvalue weighted by atomic mass is 10.1. The van der Waals surface area contributed by atoms with E-state index in [1.54, 1.807) is 0 Å². The zero-order valence-electron chi connectivity index (χ0n) is 7.81. The Morgan fingerprint density at radius 2 is 1.53 bits per heavy atom. The number of hydrogen-bond acceptors (Lipinski definition) is 3. The molecule has 0 unspecified atom stereocenters. The average molecular weight is 256 g/mol. The first-order valence-corrected chi connectivity index (χ1v) is 5.14. The quantitative estimate of drug-likeness (QED) is 0.439. The predicted octanol–water partition coefficient (Wildman–Crippen LogP) is 2.14. The Morgan fingerprint density at radius 1 is 1.13 bits per heavy atom. The van der Waals surface area contributed by atoms with Gasteiger partial charge in [-0.15, -0.1) is 0 Å². The van der Waals surface area contributed by atoms with E-state index in [1.807, 2.05) is 0 Å². The van der Waals surface area contributed by atoms with Gasteiger partial charge in [-0.05, 0) is 0 Å². The molecule has 0 aromatic carbocycles. The highest BCUT2D eigenvalue weighted by Crippen LogP contribution is 2.29. The minimum Gasteiger partial charge on any atom is -0.257 e. The second-order valence-corrected chi connectivity index (χ2v) is 4.68. The Labute approximate surface area is 83.3 Å². The van der Waals surface area contributed by atoms with Gasteiger partial charge in [0.05, 0.1) is 0 Å². The standard InChI is InChI=1S/C6H9F5O3S/c1-4(2)5(7,8)3-14-15(12,13)6(9,10)11/h4H,3H2,1-2H3. The molecule has 0 atom stereocenters. The predicted molar refractivity (Wildman–Crippen MR) is 40.7 cm³/mol. The molecule has 0 heterocycles. The molecule has 0 spiro atoms. The molecule has 0 aromatic rings. The normalized spacial score (nSPS) is 14.7. The maximum atomic E-state index is 12.7. The zero-order chi connectivity index (χ0) is 12.5. The van der Waals surface area contributed by atoms with Crippen molar-refractivity contribution in [3.8, 4) is 0 Å². The largest absolute Gasteiger partial charge is 0.523 e. The van der Waals surface area contributed by atoms with Crippen LogP contribution in [0.2, 0.25) is 0 Å². The third kappa shape index (κ3) is 3.90. The van der Waals surface area contributed by atoms with Gasteiger partial charge in [0.1, 0.15) is 6.61 Å². The first-order valence-electron chi connectivity index (χ1n) is 3.73. The lowest BCUT2D eigenvalue weighted by molar-refractivity contribution is -0.0917. The van der Waals surface area contributed by atoms with Crippen molar-refractivity contribution in [2.45, 2.75) is 25.3 Å². The summed E-state index contributed by atoms with van der Waals surface area (Å²) in [5, 5.41) is 0. The molecule has 0 fully saturated rings. The van der Waals surface area contributed by atoms with Crippen LogP contribution in [-0.4, -0.2) is 26.5 Å². The van der Waals surface area contributed by atoms with E-state index in [1.165, 1.54) is 0 Å². The van der Waals surface area contributed by atoms with Crippen LogP contribution in [0.25, 0.3) is 0 Å². The van der Waals surface area contributed by atoms with Crippen molar-refractivity contribution in [1.82, 2.24) is 0 Å². The van der Waals surface area contributed by atoms with Gasteiger partial charge in [0.25, 0.3) is 5.92 Å². The van der Waals surface area contributed by atoms with Crippen LogP contribution in [0.3, 0.4) is 0 Å². The average Bonchev–Trinajstić information content (AvgIpc) is 1.99. The second kappa shape index (κ2) is 4.20. The molecule has 92 valence electrons. The van der Waals surface area contributed by atoms with E-state index in [-0.39, 0.29) is 0 Å². The molecule has 0 aliphatic rings. The van der Waals surface area contributed by atoms with Gasteiger partial charge in [0.2, 0.25) is 0 Å². The summed E-state index contributed by atoms with van der Waals surface area (Å²) >= 11 is 0. The minimum atomic E-state index is -5.94. The van der Waals surface area contributed by atoms with Crippen LogP contribution in [0.4, 0.5) is 22.0 Å². The number of alkyl halides is 5. The lowest BCUT2D eigenvalue weighted by Crippen LogP contribution is -2.35. The first kappa shape index (κ1) is 14.6. The molecule has 0 bridgehead atoms. The molecule has 9 heteroatoms. The summed E-state index contributed by atoms with van der Waals surface area (Å²) in [5.41, 5.74) is -5.68. The number of hydrogen-bond donors (Lipinski definition) is 0. The Balaban J connectivity index is 4.55. The topological polar surface area (TPSA) is 43.4 Å². The molecular weight excluding hydrogens is 247 g/mol. The third-order valence-corrected chi connectivity index (χ3v) is 2.53. The van der Waals surface area contributed by atoms with E-state index >= 15 is 0 Å². The highest BCUT2D eigenvalue weighted by atomic mass is 32.2. The minimum absolute atomic E-state index is 1.03. The highest BCUT2D eigenvalue weighted by molar-refractivity contribution is 7.87. The summed E-state index contributed by atoms with van der Waals surface area (Å²) in [4.78, 5) is 0. The molecule has 0 rings (SSSR count). The van der Waals surface area contributed by atoms with Gasteiger partial charge in [-0.1, -0.05) is 13.8 Å². The van der Waals surface area contributed by atoms with Gasteiger partial charge in [-0.25, -0.2) is 8.78 Å². The van der Waals surface area contributed by atoms with E-state index < -0.39 is 34.1 Å². The fraction of sp³-hybridized carbons (Fsp3) is 1.00. The molecule has 0 radical (unpaired) electrons. The van der Waals surface area contributed by atoms with Crippen molar-refractivity contribution in [2.24, 2.45) is 5.92 Å². The monoisotopic (exact) mass is 256 g/mol. The van der Waals surface area contributed by atoms with Crippen LogP contribution < -0.4 is 0 Å². The summed E-state index contributed by atoms with van der Waals surface area (Å²) in [6, 6.07) is 0. The van der Waals surface area contributed by atoms with Crippen LogP contribution in [-0.2, 0) is 14.3 Å². The molecule has 0 aliphatic heterocycles. The summed E-state index contributed by atoms with van der Waals surface area (Å²) < 4.78 is 84.1. The smallest absolute Gasteiger partial charge is 0.257 e. The summed E-state index contributed by atoms with van der Waals surface area (Å²) in [6.45, 7) is 0.250. The van der Waals surface area contributed by atoms with Crippen molar-refractivity contribution in [3.63, 3.8) is 0 Å². The van der Waals surface area contributed by atoms with Crippen molar-refractivity contribution >= 4 is 10.1 Å². The van der Waals surface area contributed by atoms with E-state index in [9.17, 15) is 30.4 Å².